The van der Waals surface area contributed by atoms with Gasteiger partial charge in [0.15, 0.2) is 6.61 Å². The second-order valence-corrected chi connectivity index (χ2v) is 6.20. The van der Waals surface area contributed by atoms with E-state index in [2.05, 4.69) is 5.32 Å². The molecule has 2 aromatic rings. The molecule has 27 heavy (non-hydrogen) atoms. The first-order valence-corrected chi connectivity index (χ1v) is 8.45. The van der Waals surface area contributed by atoms with E-state index in [0.29, 0.717) is 18.0 Å². The average Bonchev–Trinajstić information content (AvgIpc) is 2.61. The van der Waals surface area contributed by atoms with E-state index in [9.17, 15) is 22.8 Å². The van der Waals surface area contributed by atoms with Crippen LogP contribution in [-0.2, 0) is 33.3 Å². The van der Waals surface area contributed by atoms with Crippen LogP contribution in [0.4, 0.5) is 13.2 Å². The number of carbonyl (C=O) groups is 2. The molecule has 2 rings (SSSR count). The number of hydrogen-bond acceptors (Lipinski definition) is 3. The van der Waals surface area contributed by atoms with Crippen LogP contribution in [-0.4, -0.2) is 25.0 Å². The Balaban J connectivity index is 1.72. The molecule has 0 aliphatic rings. The molecule has 0 radical (unpaired) electrons. The van der Waals surface area contributed by atoms with Crippen LogP contribution in [0.25, 0.3) is 0 Å². The summed E-state index contributed by atoms with van der Waals surface area (Å²) >= 11 is 5.78. The fraction of sp³-hybridized carbons (Fsp3) is 0.263. The molecule has 0 spiro atoms. The number of benzene rings is 2. The minimum atomic E-state index is -4.48. The van der Waals surface area contributed by atoms with Crippen molar-refractivity contribution in [2.45, 2.75) is 19.0 Å². The number of amides is 1. The highest BCUT2D eigenvalue weighted by Gasteiger charge is 2.30. The summed E-state index contributed by atoms with van der Waals surface area (Å²) in [6.07, 6.45) is -4.24. The highest BCUT2D eigenvalue weighted by atomic mass is 35.5. The molecule has 0 saturated carbocycles. The van der Waals surface area contributed by atoms with E-state index in [1.165, 1.54) is 12.1 Å². The van der Waals surface area contributed by atoms with Gasteiger partial charge in [-0.3, -0.25) is 9.59 Å². The van der Waals surface area contributed by atoms with Crippen LogP contribution in [0.5, 0.6) is 0 Å². The van der Waals surface area contributed by atoms with Crippen LogP contribution in [0.3, 0.4) is 0 Å². The Labute approximate surface area is 159 Å². The van der Waals surface area contributed by atoms with E-state index in [4.69, 9.17) is 16.3 Å². The Morgan fingerprint density at radius 1 is 1.04 bits per heavy atom. The monoisotopic (exact) mass is 399 g/mol. The topological polar surface area (TPSA) is 55.4 Å². The molecule has 0 aliphatic carbocycles. The quantitative estimate of drug-likeness (QED) is 0.720. The summed E-state index contributed by atoms with van der Waals surface area (Å²) in [6, 6.07) is 11.6. The summed E-state index contributed by atoms with van der Waals surface area (Å²) in [7, 11) is 0. The lowest BCUT2D eigenvalue weighted by Crippen LogP contribution is -2.30. The Morgan fingerprint density at radius 3 is 2.41 bits per heavy atom. The van der Waals surface area contributed by atoms with Gasteiger partial charge in [0.2, 0.25) is 0 Å². The largest absolute Gasteiger partial charge is 0.455 e. The molecule has 0 atom stereocenters. The Bertz CT molecular complexity index is 792. The van der Waals surface area contributed by atoms with E-state index in [1.807, 2.05) is 12.1 Å². The van der Waals surface area contributed by atoms with Gasteiger partial charge in [0.05, 0.1) is 12.0 Å². The van der Waals surface area contributed by atoms with Gasteiger partial charge in [0.25, 0.3) is 5.91 Å². The second-order valence-electron chi connectivity index (χ2n) is 5.76. The van der Waals surface area contributed by atoms with Crippen LogP contribution >= 0.6 is 11.6 Å². The van der Waals surface area contributed by atoms with E-state index < -0.39 is 30.2 Å². The van der Waals surface area contributed by atoms with Gasteiger partial charge in [-0.05, 0) is 35.7 Å². The van der Waals surface area contributed by atoms with Crippen molar-refractivity contribution in [1.29, 1.82) is 0 Å². The molecule has 0 heterocycles. The normalized spacial score (nSPS) is 11.1. The predicted molar refractivity (Wildman–Crippen MR) is 94.3 cm³/mol. The fourth-order valence-electron chi connectivity index (χ4n) is 2.27. The molecule has 4 nitrogen and oxygen atoms in total. The number of esters is 1. The molecule has 0 unspecified atom stereocenters. The Kier molecular flexibility index (Phi) is 7.24. The van der Waals surface area contributed by atoms with Crippen LogP contribution in [0.2, 0.25) is 5.02 Å². The lowest BCUT2D eigenvalue weighted by molar-refractivity contribution is -0.148. The maximum atomic E-state index is 12.6. The van der Waals surface area contributed by atoms with Crippen LogP contribution < -0.4 is 5.32 Å². The van der Waals surface area contributed by atoms with Gasteiger partial charge in [0, 0.05) is 11.6 Å². The van der Waals surface area contributed by atoms with Gasteiger partial charge in [-0.1, -0.05) is 41.9 Å². The molecule has 1 N–H and O–H groups in total. The molecule has 144 valence electrons. The SMILES string of the molecule is O=C(COC(=O)Cc1cccc(C(F)(F)F)c1)NCCc1ccc(Cl)cc1. The minimum Gasteiger partial charge on any atom is -0.455 e. The van der Waals surface area contributed by atoms with Gasteiger partial charge in [-0.15, -0.1) is 0 Å². The van der Waals surface area contributed by atoms with Crippen molar-refractivity contribution in [3.05, 3.63) is 70.2 Å². The first-order valence-electron chi connectivity index (χ1n) is 8.07. The number of nitrogens with one attached hydrogen (secondary N) is 1. The third-order valence-corrected chi connectivity index (χ3v) is 3.87. The fourth-order valence-corrected chi connectivity index (χ4v) is 2.40. The third-order valence-electron chi connectivity index (χ3n) is 3.62. The maximum absolute atomic E-state index is 12.6. The number of hydrogen-bond donors (Lipinski definition) is 1. The lowest BCUT2D eigenvalue weighted by Gasteiger charge is -2.09. The van der Waals surface area contributed by atoms with E-state index in [-0.39, 0.29) is 12.0 Å². The molecule has 0 aliphatic heterocycles. The zero-order valence-electron chi connectivity index (χ0n) is 14.2. The Hall–Kier alpha value is -2.54. The van der Waals surface area contributed by atoms with Crippen molar-refractivity contribution >= 4 is 23.5 Å². The standard InChI is InChI=1S/C19H17ClF3NO3/c20-16-6-4-13(5-7-16)8-9-24-17(25)12-27-18(26)11-14-2-1-3-15(10-14)19(21,22)23/h1-7,10H,8-9,11-12H2,(H,24,25). The number of halogens is 4. The van der Waals surface area contributed by atoms with Gasteiger partial charge in [-0.2, -0.15) is 13.2 Å². The molecular formula is C19H17ClF3NO3. The third kappa shape index (κ3) is 7.30. The number of carbonyl (C=O) groups excluding carboxylic acids is 2. The number of rotatable bonds is 7. The van der Waals surface area contributed by atoms with E-state index >= 15 is 0 Å². The molecule has 0 bridgehead atoms. The van der Waals surface area contributed by atoms with Crippen LogP contribution in [0.1, 0.15) is 16.7 Å². The van der Waals surface area contributed by atoms with Gasteiger partial charge < -0.3 is 10.1 Å². The highest BCUT2D eigenvalue weighted by molar-refractivity contribution is 6.30. The van der Waals surface area contributed by atoms with Gasteiger partial charge in [-0.25, -0.2) is 0 Å². The van der Waals surface area contributed by atoms with E-state index in [0.717, 1.165) is 17.7 Å². The summed E-state index contributed by atoms with van der Waals surface area (Å²) in [5.74, 6) is -1.26. The summed E-state index contributed by atoms with van der Waals surface area (Å²) in [5, 5.41) is 3.22. The second kappa shape index (κ2) is 9.41. The zero-order chi connectivity index (χ0) is 19.9. The van der Waals surface area contributed by atoms with E-state index in [1.54, 1.807) is 12.1 Å². The summed E-state index contributed by atoms with van der Waals surface area (Å²) in [4.78, 5) is 23.4. The first kappa shape index (κ1) is 20.8. The van der Waals surface area contributed by atoms with Crippen molar-refractivity contribution < 1.29 is 27.5 Å². The molecular weight excluding hydrogens is 383 g/mol. The number of alkyl halides is 3. The Morgan fingerprint density at radius 2 is 1.74 bits per heavy atom. The lowest BCUT2D eigenvalue weighted by atomic mass is 10.1. The number of ether oxygens (including phenoxy) is 1. The molecule has 0 aromatic heterocycles. The summed E-state index contributed by atoms with van der Waals surface area (Å²) in [6.45, 7) is -0.135. The van der Waals surface area contributed by atoms with Gasteiger partial charge in [0.1, 0.15) is 0 Å². The summed E-state index contributed by atoms with van der Waals surface area (Å²) in [5.41, 5.74) is 0.312. The molecule has 1 amide bonds. The zero-order valence-corrected chi connectivity index (χ0v) is 14.9. The smallest absolute Gasteiger partial charge is 0.416 e. The molecule has 2 aromatic carbocycles. The van der Waals surface area contributed by atoms with Crippen LogP contribution in [0.15, 0.2) is 48.5 Å². The molecule has 0 saturated heterocycles. The van der Waals surface area contributed by atoms with Crippen molar-refractivity contribution in [3.8, 4) is 0 Å². The van der Waals surface area contributed by atoms with Crippen molar-refractivity contribution in [1.82, 2.24) is 5.32 Å². The molecule has 0 fully saturated rings. The van der Waals surface area contributed by atoms with Crippen molar-refractivity contribution in [2.75, 3.05) is 13.2 Å². The first-order chi connectivity index (χ1) is 12.7. The highest BCUT2D eigenvalue weighted by Crippen LogP contribution is 2.29. The van der Waals surface area contributed by atoms with Crippen LogP contribution in [0, 0.1) is 0 Å². The summed E-state index contributed by atoms with van der Waals surface area (Å²) < 4.78 is 42.7. The minimum absolute atomic E-state index is 0.165. The van der Waals surface area contributed by atoms with Gasteiger partial charge >= 0.3 is 12.1 Å². The predicted octanol–water partition coefficient (Wildman–Crippen LogP) is 3.80. The van der Waals surface area contributed by atoms with Crippen molar-refractivity contribution in [2.24, 2.45) is 0 Å². The maximum Gasteiger partial charge on any atom is 0.416 e. The molecule has 8 heteroatoms. The van der Waals surface area contributed by atoms with Crippen molar-refractivity contribution in [3.63, 3.8) is 0 Å². The average molecular weight is 400 g/mol.